The Labute approximate surface area is 111 Å². The number of carbonyl (C=O) groups excluding carboxylic acids is 1. The first-order chi connectivity index (χ1) is 8.74. The van der Waals surface area contributed by atoms with Gasteiger partial charge in [-0.25, -0.2) is 4.98 Å². The normalized spacial score (nSPS) is 24.8. The number of ether oxygens (including phenoxy) is 1. The van der Waals surface area contributed by atoms with E-state index in [9.17, 15) is 4.79 Å². The highest BCUT2D eigenvalue weighted by Crippen LogP contribution is 2.32. The number of Topliss-reactive ketones (excluding diaryl/α,β-unsaturated/α-hetero) is 1. The summed E-state index contributed by atoms with van der Waals surface area (Å²) in [6.45, 7) is 4.77. The number of aromatic nitrogens is 1. The van der Waals surface area contributed by atoms with Crippen LogP contribution in [0.15, 0.2) is 0 Å². The van der Waals surface area contributed by atoms with Crippen molar-refractivity contribution >= 4 is 22.3 Å². The van der Waals surface area contributed by atoms with Gasteiger partial charge in [-0.1, -0.05) is 11.3 Å². The topological polar surface area (TPSA) is 42.4 Å². The molecule has 1 aromatic rings. The highest BCUT2D eigenvalue weighted by atomic mass is 32.1. The molecule has 1 saturated heterocycles. The number of carbonyl (C=O) groups is 1. The number of hydrogen-bond donors (Lipinski definition) is 0. The summed E-state index contributed by atoms with van der Waals surface area (Å²) in [5.74, 6) is 0.277. The third kappa shape index (κ3) is 2.29. The van der Waals surface area contributed by atoms with Gasteiger partial charge in [-0.15, -0.1) is 0 Å². The van der Waals surface area contributed by atoms with Gasteiger partial charge in [0.2, 0.25) is 0 Å². The average Bonchev–Trinajstić information content (AvgIpc) is 2.67. The maximum atomic E-state index is 11.8. The van der Waals surface area contributed by atoms with Crippen LogP contribution in [0.5, 0.6) is 0 Å². The second-order valence-corrected chi connectivity index (χ2v) is 6.01. The number of thiazole rings is 1. The molecule has 2 aliphatic rings. The standard InChI is InChI=1S/C13H18N2O2S/c1-9-8-15(6-3-7-17-9)13-14-10-4-2-5-11(16)12(10)18-13/h9H,2-8H2,1H3. The molecule has 1 unspecified atom stereocenters. The molecule has 0 N–H and O–H groups in total. The lowest BCUT2D eigenvalue weighted by Crippen LogP contribution is -2.29. The lowest BCUT2D eigenvalue weighted by atomic mass is 10.0. The van der Waals surface area contributed by atoms with Crippen molar-refractivity contribution in [1.82, 2.24) is 4.98 Å². The van der Waals surface area contributed by atoms with Crippen LogP contribution in [0.2, 0.25) is 0 Å². The molecule has 1 aromatic heterocycles. The average molecular weight is 266 g/mol. The van der Waals surface area contributed by atoms with Crippen LogP contribution in [0, 0.1) is 0 Å². The maximum absolute atomic E-state index is 11.8. The Morgan fingerprint density at radius 1 is 1.39 bits per heavy atom. The third-order valence-electron chi connectivity index (χ3n) is 3.48. The highest BCUT2D eigenvalue weighted by Gasteiger charge is 2.25. The number of rotatable bonds is 1. The third-order valence-corrected chi connectivity index (χ3v) is 4.68. The van der Waals surface area contributed by atoms with Crippen molar-refractivity contribution in [2.75, 3.05) is 24.6 Å². The van der Waals surface area contributed by atoms with Crippen molar-refractivity contribution in [3.8, 4) is 0 Å². The van der Waals surface area contributed by atoms with Gasteiger partial charge < -0.3 is 9.64 Å². The fourth-order valence-corrected chi connectivity index (χ4v) is 3.67. The van der Waals surface area contributed by atoms with E-state index in [0.29, 0.717) is 6.42 Å². The van der Waals surface area contributed by atoms with Crippen LogP contribution >= 0.6 is 11.3 Å². The van der Waals surface area contributed by atoms with Crippen LogP contribution in [0.25, 0.3) is 0 Å². The second-order valence-electron chi connectivity index (χ2n) is 5.03. The molecule has 1 fully saturated rings. The minimum Gasteiger partial charge on any atom is -0.377 e. The molecule has 2 heterocycles. The smallest absolute Gasteiger partial charge is 0.186 e. The fraction of sp³-hybridized carbons (Fsp3) is 0.692. The van der Waals surface area contributed by atoms with Crippen LogP contribution in [0.1, 0.15) is 41.6 Å². The Morgan fingerprint density at radius 2 is 2.28 bits per heavy atom. The summed E-state index contributed by atoms with van der Waals surface area (Å²) in [7, 11) is 0. The van der Waals surface area contributed by atoms with E-state index in [-0.39, 0.29) is 11.9 Å². The zero-order chi connectivity index (χ0) is 12.5. The Kier molecular flexibility index (Phi) is 3.35. The van der Waals surface area contributed by atoms with E-state index in [1.165, 1.54) is 0 Å². The lowest BCUT2D eigenvalue weighted by molar-refractivity contribution is 0.0820. The molecule has 0 saturated carbocycles. The minimum absolute atomic E-state index is 0.240. The molecule has 1 aliphatic heterocycles. The van der Waals surface area contributed by atoms with Gasteiger partial charge in [0.15, 0.2) is 10.9 Å². The first-order valence-electron chi connectivity index (χ1n) is 6.63. The minimum atomic E-state index is 0.240. The van der Waals surface area contributed by atoms with E-state index in [1.54, 1.807) is 11.3 Å². The predicted molar refractivity (Wildman–Crippen MR) is 71.6 cm³/mol. The SMILES string of the molecule is CC1CN(c2nc3c(s2)C(=O)CCC3)CCCO1. The van der Waals surface area contributed by atoms with E-state index >= 15 is 0 Å². The van der Waals surface area contributed by atoms with Crippen molar-refractivity contribution in [2.45, 2.75) is 38.7 Å². The molecule has 1 aliphatic carbocycles. The molecule has 4 nitrogen and oxygen atoms in total. The van der Waals surface area contributed by atoms with Gasteiger partial charge in [0.05, 0.1) is 16.7 Å². The zero-order valence-corrected chi connectivity index (χ0v) is 11.5. The first-order valence-corrected chi connectivity index (χ1v) is 7.45. The Bertz CT molecular complexity index is 458. The van der Waals surface area contributed by atoms with Gasteiger partial charge in [-0.3, -0.25) is 4.79 Å². The largest absolute Gasteiger partial charge is 0.377 e. The molecule has 5 heteroatoms. The Morgan fingerprint density at radius 3 is 3.11 bits per heavy atom. The number of hydrogen-bond acceptors (Lipinski definition) is 5. The van der Waals surface area contributed by atoms with E-state index in [2.05, 4.69) is 16.8 Å². The number of nitrogens with zero attached hydrogens (tertiary/aromatic N) is 2. The van der Waals surface area contributed by atoms with Crippen molar-refractivity contribution < 1.29 is 9.53 Å². The van der Waals surface area contributed by atoms with Crippen LogP contribution < -0.4 is 4.90 Å². The van der Waals surface area contributed by atoms with E-state index in [4.69, 9.17) is 4.74 Å². The summed E-state index contributed by atoms with van der Waals surface area (Å²) in [5.41, 5.74) is 1.02. The van der Waals surface area contributed by atoms with Crippen molar-refractivity contribution in [3.63, 3.8) is 0 Å². The van der Waals surface area contributed by atoms with Crippen molar-refractivity contribution in [3.05, 3.63) is 10.6 Å². The van der Waals surface area contributed by atoms with Crippen LogP contribution in [0.3, 0.4) is 0 Å². The molecular weight excluding hydrogens is 248 g/mol. The van der Waals surface area contributed by atoms with Crippen molar-refractivity contribution in [2.24, 2.45) is 0 Å². The van der Waals surface area contributed by atoms with Gasteiger partial charge >= 0.3 is 0 Å². The summed E-state index contributed by atoms with van der Waals surface area (Å²) in [5, 5.41) is 1.01. The van der Waals surface area contributed by atoms with Gasteiger partial charge in [0, 0.05) is 26.1 Å². The summed E-state index contributed by atoms with van der Waals surface area (Å²) in [6.07, 6.45) is 3.87. The molecule has 0 radical (unpaired) electrons. The van der Waals surface area contributed by atoms with Gasteiger partial charge in [-0.2, -0.15) is 0 Å². The predicted octanol–water partition coefficient (Wildman–Crippen LogP) is 2.28. The summed E-state index contributed by atoms with van der Waals surface area (Å²) >= 11 is 1.57. The van der Waals surface area contributed by atoms with Gasteiger partial charge in [0.1, 0.15) is 0 Å². The molecule has 98 valence electrons. The van der Waals surface area contributed by atoms with E-state index < -0.39 is 0 Å². The molecule has 0 aromatic carbocycles. The van der Waals surface area contributed by atoms with Crippen LogP contribution in [-0.4, -0.2) is 36.6 Å². The molecule has 0 spiro atoms. The quantitative estimate of drug-likeness (QED) is 0.782. The summed E-state index contributed by atoms with van der Waals surface area (Å²) < 4.78 is 5.65. The lowest BCUT2D eigenvalue weighted by Gasteiger charge is -2.20. The van der Waals surface area contributed by atoms with Gasteiger partial charge in [-0.05, 0) is 26.2 Å². The van der Waals surface area contributed by atoms with E-state index in [1.807, 2.05) is 0 Å². The summed E-state index contributed by atoms with van der Waals surface area (Å²) in [4.78, 5) is 19.7. The monoisotopic (exact) mass is 266 g/mol. The van der Waals surface area contributed by atoms with Crippen molar-refractivity contribution in [1.29, 1.82) is 0 Å². The highest BCUT2D eigenvalue weighted by molar-refractivity contribution is 7.17. The van der Waals surface area contributed by atoms with Gasteiger partial charge in [0.25, 0.3) is 0 Å². The molecule has 0 amide bonds. The first kappa shape index (κ1) is 12.1. The molecule has 18 heavy (non-hydrogen) atoms. The second kappa shape index (κ2) is 4.97. The number of ketones is 1. The number of anilines is 1. The Balaban J connectivity index is 1.85. The maximum Gasteiger partial charge on any atom is 0.186 e. The number of fused-ring (bicyclic) bond motifs is 1. The van der Waals surface area contributed by atoms with Crippen LogP contribution in [-0.2, 0) is 11.2 Å². The van der Waals surface area contributed by atoms with E-state index in [0.717, 1.165) is 54.7 Å². The zero-order valence-electron chi connectivity index (χ0n) is 10.6. The number of aryl methyl sites for hydroxylation is 1. The molecule has 1 atom stereocenters. The molecular formula is C13H18N2O2S. The van der Waals surface area contributed by atoms with Crippen LogP contribution in [0.4, 0.5) is 5.13 Å². The Hall–Kier alpha value is -0.940. The fourth-order valence-electron chi connectivity index (χ4n) is 2.56. The molecule has 0 bridgehead atoms. The molecule has 3 rings (SSSR count). The summed E-state index contributed by atoms with van der Waals surface area (Å²) in [6, 6.07) is 0.